The highest BCUT2D eigenvalue weighted by Gasteiger charge is 2.12. The van der Waals surface area contributed by atoms with Crippen molar-refractivity contribution in [2.75, 3.05) is 31.2 Å². The van der Waals surface area contributed by atoms with Crippen molar-refractivity contribution in [3.63, 3.8) is 0 Å². The summed E-state index contributed by atoms with van der Waals surface area (Å²) in [6.45, 7) is 4.80. The molecule has 0 spiro atoms. The second-order valence-electron chi connectivity index (χ2n) is 4.70. The lowest BCUT2D eigenvalue weighted by atomic mass is 10.3. The molecule has 0 bridgehead atoms. The molecule has 1 aliphatic rings. The van der Waals surface area contributed by atoms with Gasteiger partial charge in [-0.3, -0.25) is 4.79 Å². The monoisotopic (exact) mass is 272 g/mol. The summed E-state index contributed by atoms with van der Waals surface area (Å²) in [5.74, 6) is 0.704. The van der Waals surface area contributed by atoms with Gasteiger partial charge < -0.3 is 9.64 Å². The first kappa shape index (κ1) is 12.8. The number of hydrogen-bond acceptors (Lipinski definition) is 5. The molecule has 2 aromatic heterocycles. The minimum Gasteiger partial charge on any atom is -0.378 e. The first-order chi connectivity index (χ1) is 9.74. The van der Waals surface area contributed by atoms with Crippen LogP contribution in [0.1, 0.15) is 17.3 Å². The summed E-state index contributed by atoms with van der Waals surface area (Å²) in [4.78, 5) is 17.9. The zero-order valence-electron chi connectivity index (χ0n) is 11.3. The van der Waals surface area contributed by atoms with Crippen LogP contribution in [0.5, 0.6) is 0 Å². The molecule has 0 unspecified atom stereocenters. The van der Waals surface area contributed by atoms with Gasteiger partial charge in [-0.25, -0.2) is 9.67 Å². The van der Waals surface area contributed by atoms with Crippen molar-refractivity contribution in [2.45, 2.75) is 6.92 Å². The number of nitrogens with zero attached hydrogens (tertiary/aromatic N) is 4. The van der Waals surface area contributed by atoms with E-state index in [1.165, 1.54) is 6.92 Å². The van der Waals surface area contributed by atoms with Crippen LogP contribution in [-0.2, 0) is 4.74 Å². The summed E-state index contributed by atoms with van der Waals surface area (Å²) in [6, 6.07) is 3.92. The third-order valence-corrected chi connectivity index (χ3v) is 3.33. The normalized spacial score (nSPS) is 15.3. The van der Waals surface area contributed by atoms with Crippen molar-refractivity contribution in [2.24, 2.45) is 0 Å². The number of carbonyl (C=O) groups is 1. The van der Waals surface area contributed by atoms with Gasteiger partial charge in [0.25, 0.3) is 0 Å². The van der Waals surface area contributed by atoms with E-state index in [4.69, 9.17) is 4.74 Å². The van der Waals surface area contributed by atoms with E-state index in [0.29, 0.717) is 11.4 Å². The van der Waals surface area contributed by atoms with Crippen LogP contribution in [0.3, 0.4) is 0 Å². The summed E-state index contributed by atoms with van der Waals surface area (Å²) >= 11 is 0. The van der Waals surface area contributed by atoms with Crippen molar-refractivity contribution in [1.82, 2.24) is 14.8 Å². The molecule has 0 saturated carbocycles. The number of morpholine rings is 1. The van der Waals surface area contributed by atoms with Gasteiger partial charge in [0.1, 0.15) is 0 Å². The molecule has 3 rings (SSSR count). The zero-order valence-corrected chi connectivity index (χ0v) is 11.3. The zero-order chi connectivity index (χ0) is 13.9. The van der Waals surface area contributed by atoms with Gasteiger partial charge in [-0.15, -0.1) is 0 Å². The molecular formula is C14H16N4O2. The largest absolute Gasteiger partial charge is 0.378 e. The third kappa shape index (κ3) is 2.55. The van der Waals surface area contributed by atoms with Crippen molar-refractivity contribution in [3.05, 3.63) is 36.3 Å². The van der Waals surface area contributed by atoms with E-state index in [-0.39, 0.29) is 5.78 Å². The Morgan fingerprint density at radius 2 is 2.05 bits per heavy atom. The van der Waals surface area contributed by atoms with Gasteiger partial charge in [-0.2, -0.15) is 5.10 Å². The first-order valence-electron chi connectivity index (χ1n) is 6.59. The maximum Gasteiger partial charge on any atom is 0.162 e. The number of pyridine rings is 1. The lowest BCUT2D eigenvalue weighted by molar-refractivity contribution is 0.101. The second kappa shape index (κ2) is 5.42. The number of aromatic nitrogens is 3. The topological polar surface area (TPSA) is 60.2 Å². The minimum atomic E-state index is 0.00110. The summed E-state index contributed by atoms with van der Waals surface area (Å²) < 4.78 is 6.94. The maximum absolute atomic E-state index is 11.3. The SMILES string of the molecule is CC(=O)c1cnn(-c2ccc(N3CCOCC3)cn2)c1. The van der Waals surface area contributed by atoms with Crippen LogP contribution >= 0.6 is 0 Å². The molecule has 0 atom stereocenters. The number of Topliss-reactive ketones (excluding diaryl/α,β-unsaturated/α-hetero) is 1. The predicted molar refractivity (Wildman–Crippen MR) is 74.4 cm³/mol. The van der Waals surface area contributed by atoms with E-state index in [1.54, 1.807) is 17.1 Å². The average molecular weight is 272 g/mol. The molecule has 3 heterocycles. The fourth-order valence-corrected chi connectivity index (χ4v) is 2.15. The predicted octanol–water partition coefficient (Wildman–Crippen LogP) is 1.31. The highest BCUT2D eigenvalue weighted by atomic mass is 16.5. The quantitative estimate of drug-likeness (QED) is 0.788. The fraction of sp³-hybridized carbons (Fsp3) is 0.357. The van der Waals surface area contributed by atoms with Crippen LogP contribution in [-0.4, -0.2) is 46.9 Å². The van der Waals surface area contributed by atoms with Crippen LogP contribution < -0.4 is 4.90 Å². The number of rotatable bonds is 3. The second-order valence-corrected chi connectivity index (χ2v) is 4.70. The Labute approximate surface area is 117 Å². The van der Waals surface area contributed by atoms with E-state index >= 15 is 0 Å². The van der Waals surface area contributed by atoms with Crippen LogP contribution in [0, 0.1) is 0 Å². The van der Waals surface area contributed by atoms with Crippen LogP contribution in [0.2, 0.25) is 0 Å². The summed E-state index contributed by atoms with van der Waals surface area (Å²) in [7, 11) is 0. The minimum absolute atomic E-state index is 0.00110. The summed E-state index contributed by atoms with van der Waals surface area (Å²) in [5.41, 5.74) is 1.67. The fourth-order valence-electron chi connectivity index (χ4n) is 2.15. The Bertz CT molecular complexity index is 600. The van der Waals surface area contributed by atoms with Gasteiger partial charge in [0.05, 0.1) is 36.9 Å². The lowest BCUT2D eigenvalue weighted by Gasteiger charge is -2.28. The summed E-state index contributed by atoms with van der Waals surface area (Å²) in [5, 5.41) is 4.15. The molecule has 0 radical (unpaired) electrons. The molecule has 0 amide bonds. The number of anilines is 1. The molecule has 0 N–H and O–H groups in total. The van der Waals surface area contributed by atoms with Gasteiger partial charge >= 0.3 is 0 Å². The Morgan fingerprint density at radius 3 is 2.65 bits per heavy atom. The molecule has 2 aromatic rings. The average Bonchev–Trinajstić information content (AvgIpc) is 2.98. The van der Waals surface area contributed by atoms with Crippen molar-refractivity contribution >= 4 is 11.5 Å². The first-order valence-corrected chi connectivity index (χ1v) is 6.59. The molecule has 20 heavy (non-hydrogen) atoms. The molecule has 104 valence electrons. The molecule has 0 aromatic carbocycles. The van der Waals surface area contributed by atoms with Crippen molar-refractivity contribution in [3.8, 4) is 5.82 Å². The number of hydrogen-bond donors (Lipinski definition) is 0. The molecule has 6 nitrogen and oxygen atoms in total. The van der Waals surface area contributed by atoms with Gasteiger partial charge in [-0.05, 0) is 19.1 Å². The van der Waals surface area contributed by atoms with E-state index in [1.807, 2.05) is 18.3 Å². The van der Waals surface area contributed by atoms with Gasteiger partial charge in [0.2, 0.25) is 0 Å². The Balaban J connectivity index is 1.79. The molecule has 1 fully saturated rings. The van der Waals surface area contributed by atoms with E-state index in [0.717, 1.165) is 32.0 Å². The van der Waals surface area contributed by atoms with Crippen LogP contribution in [0.4, 0.5) is 5.69 Å². The maximum atomic E-state index is 11.3. The van der Waals surface area contributed by atoms with E-state index in [9.17, 15) is 4.79 Å². The summed E-state index contributed by atoms with van der Waals surface area (Å²) in [6.07, 6.45) is 5.08. The molecule has 0 aliphatic carbocycles. The smallest absolute Gasteiger partial charge is 0.162 e. The third-order valence-electron chi connectivity index (χ3n) is 3.33. The van der Waals surface area contributed by atoms with Gasteiger partial charge in [0, 0.05) is 19.3 Å². The Kier molecular flexibility index (Phi) is 3.47. The highest BCUT2D eigenvalue weighted by molar-refractivity contribution is 5.93. The molecule has 6 heteroatoms. The highest BCUT2D eigenvalue weighted by Crippen LogP contribution is 2.16. The van der Waals surface area contributed by atoms with Gasteiger partial charge in [-0.1, -0.05) is 0 Å². The number of ether oxygens (including phenoxy) is 1. The van der Waals surface area contributed by atoms with Gasteiger partial charge in [0.15, 0.2) is 11.6 Å². The van der Waals surface area contributed by atoms with Crippen LogP contribution in [0.15, 0.2) is 30.7 Å². The molecule has 1 aliphatic heterocycles. The molecule has 1 saturated heterocycles. The number of ketones is 1. The van der Waals surface area contributed by atoms with Crippen molar-refractivity contribution in [1.29, 1.82) is 0 Å². The Morgan fingerprint density at radius 1 is 1.25 bits per heavy atom. The van der Waals surface area contributed by atoms with Crippen molar-refractivity contribution < 1.29 is 9.53 Å². The standard InChI is InChI=1S/C14H16N4O2/c1-11(19)12-8-16-18(10-12)14-3-2-13(9-15-14)17-4-6-20-7-5-17/h2-3,8-10H,4-7H2,1H3. The van der Waals surface area contributed by atoms with E-state index < -0.39 is 0 Å². The number of carbonyl (C=O) groups excluding carboxylic acids is 1. The van der Waals surface area contributed by atoms with Crippen LogP contribution in [0.25, 0.3) is 5.82 Å². The molecular weight excluding hydrogens is 256 g/mol. The Hall–Kier alpha value is -2.21. The lowest BCUT2D eigenvalue weighted by Crippen LogP contribution is -2.36. The van der Waals surface area contributed by atoms with E-state index in [2.05, 4.69) is 15.0 Å².